The molecule has 6 heteroatoms. The van der Waals surface area contributed by atoms with Crippen LogP contribution < -0.4 is 4.72 Å². The Labute approximate surface area is 111 Å². The first-order chi connectivity index (χ1) is 8.45. The molecule has 0 unspecified atom stereocenters. The molecule has 0 saturated heterocycles. The average molecular weight is 278 g/mol. The zero-order chi connectivity index (χ0) is 13.6. The van der Waals surface area contributed by atoms with Crippen LogP contribution >= 0.6 is 0 Å². The molecule has 0 aromatic heterocycles. The van der Waals surface area contributed by atoms with E-state index >= 15 is 0 Å². The van der Waals surface area contributed by atoms with Crippen molar-refractivity contribution in [2.45, 2.75) is 51.6 Å². The Morgan fingerprint density at radius 3 is 2.72 bits per heavy atom. The lowest BCUT2D eigenvalue weighted by molar-refractivity contribution is 0.102. The van der Waals surface area contributed by atoms with Crippen molar-refractivity contribution in [3.05, 3.63) is 0 Å². The largest absolute Gasteiger partial charge is 0.393 e. The van der Waals surface area contributed by atoms with Crippen LogP contribution in [0, 0.1) is 5.92 Å². The summed E-state index contributed by atoms with van der Waals surface area (Å²) in [5.74, 6) is 0.267. The van der Waals surface area contributed by atoms with Crippen LogP contribution in [-0.4, -0.2) is 44.1 Å². The summed E-state index contributed by atoms with van der Waals surface area (Å²) in [6.07, 6.45) is 5.14. The summed E-state index contributed by atoms with van der Waals surface area (Å²) in [5.41, 5.74) is 0. The van der Waals surface area contributed by atoms with E-state index in [0.29, 0.717) is 19.5 Å². The number of nitrogens with zero attached hydrogens (tertiary/aromatic N) is 1. The van der Waals surface area contributed by atoms with Gasteiger partial charge in [-0.05, 0) is 31.6 Å². The lowest BCUT2D eigenvalue weighted by Gasteiger charge is -2.26. The highest BCUT2D eigenvalue weighted by Gasteiger charge is 2.23. The number of rotatable bonds is 7. The Kier molecular flexibility index (Phi) is 6.55. The van der Waals surface area contributed by atoms with Gasteiger partial charge < -0.3 is 5.11 Å². The SMILES string of the molecule is CCCCN(C)S(=O)(=O)NC[C@H]1CCC[C@H](O)C1. The summed E-state index contributed by atoms with van der Waals surface area (Å²) in [7, 11) is -1.74. The summed E-state index contributed by atoms with van der Waals surface area (Å²) in [4.78, 5) is 0. The first-order valence-corrected chi connectivity index (χ1v) is 8.28. The molecule has 1 saturated carbocycles. The summed E-state index contributed by atoms with van der Waals surface area (Å²) in [6.45, 7) is 3.03. The van der Waals surface area contributed by atoms with Crippen molar-refractivity contribution in [2.75, 3.05) is 20.1 Å². The second-order valence-corrected chi connectivity index (χ2v) is 7.08. The zero-order valence-corrected chi connectivity index (χ0v) is 12.2. The van der Waals surface area contributed by atoms with Crippen LogP contribution in [0.15, 0.2) is 0 Å². The summed E-state index contributed by atoms with van der Waals surface area (Å²) in [5, 5.41) is 9.55. The van der Waals surface area contributed by atoms with Gasteiger partial charge in [-0.15, -0.1) is 0 Å². The molecule has 0 heterocycles. The second-order valence-electron chi connectivity index (χ2n) is 5.22. The van der Waals surface area contributed by atoms with Gasteiger partial charge in [0.1, 0.15) is 0 Å². The van der Waals surface area contributed by atoms with E-state index in [4.69, 9.17) is 0 Å². The summed E-state index contributed by atoms with van der Waals surface area (Å²) >= 11 is 0. The standard InChI is InChI=1S/C12H26N2O3S/c1-3-4-8-14(2)18(16,17)13-10-11-6-5-7-12(15)9-11/h11-13,15H,3-10H2,1-2H3/t11-,12-/m0/s1. The fourth-order valence-electron chi connectivity index (χ4n) is 2.28. The van der Waals surface area contributed by atoms with Crippen LogP contribution in [0.2, 0.25) is 0 Å². The van der Waals surface area contributed by atoms with Gasteiger partial charge in [0, 0.05) is 20.1 Å². The first-order valence-electron chi connectivity index (χ1n) is 6.84. The Morgan fingerprint density at radius 2 is 2.11 bits per heavy atom. The predicted molar refractivity (Wildman–Crippen MR) is 72.4 cm³/mol. The maximum absolute atomic E-state index is 11.9. The van der Waals surface area contributed by atoms with E-state index in [1.54, 1.807) is 7.05 Å². The van der Waals surface area contributed by atoms with Gasteiger partial charge in [0.05, 0.1) is 6.10 Å². The van der Waals surface area contributed by atoms with E-state index in [9.17, 15) is 13.5 Å². The maximum Gasteiger partial charge on any atom is 0.279 e. The van der Waals surface area contributed by atoms with Gasteiger partial charge in [-0.1, -0.05) is 19.8 Å². The first kappa shape index (κ1) is 15.9. The molecule has 18 heavy (non-hydrogen) atoms. The minimum Gasteiger partial charge on any atom is -0.393 e. The fourth-order valence-corrected chi connectivity index (χ4v) is 3.32. The minimum atomic E-state index is -3.35. The molecule has 0 aliphatic heterocycles. The highest BCUT2D eigenvalue weighted by Crippen LogP contribution is 2.23. The van der Waals surface area contributed by atoms with Crippen molar-refractivity contribution in [3.63, 3.8) is 0 Å². The van der Waals surface area contributed by atoms with Crippen molar-refractivity contribution in [2.24, 2.45) is 5.92 Å². The molecular formula is C12H26N2O3S. The van der Waals surface area contributed by atoms with Crippen LogP contribution in [-0.2, 0) is 10.2 Å². The third-order valence-corrected chi connectivity index (χ3v) is 5.08. The third kappa shape index (κ3) is 5.22. The van der Waals surface area contributed by atoms with Crippen LogP contribution in [0.3, 0.4) is 0 Å². The van der Waals surface area contributed by atoms with Crippen molar-refractivity contribution in [3.8, 4) is 0 Å². The minimum absolute atomic E-state index is 0.258. The van der Waals surface area contributed by atoms with Crippen molar-refractivity contribution < 1.29 is 13.5 Å². The zero-order valence-electron chi connectivity index (χ0n) is 11.4. The van der Waals surface area contributed by atoms with Crippen molar-refractivity contribution >= 4 is 10.2 Å². The fraction of sp³-hybridized carbons (Fsp3) is 1.00. The molecule has 2 N–H and O–H groups in total. The Balaban J connectivity index is 2.36. The smallest absolute Gasteiger partial charge is 0.279 e. The Morgan fingerprint density at radius 1 is 1.39 bits per heavy atom. The van der Waals surface area contributed by atoms with E-state index in [-0.39, 0.29) is 12.0 Å². The number of aliphatic hydroxyl groups excluding tert-OH is 1. The molecule has 0 spiro atoms. The number of hydrogen-bond donors (Lipinski definition) is 2. The van der Waals surface area contributed by atoms with Crippen molar-refractivity contribution in [1.82, 2.24) is 9.03 Å². The number of unbranched alkanes of at least 4 members (excludes halogenated alkanes) is 1. The van der Waals surface area contributed by atoms with Gasteiger partial charge in [0.25, 0.3) is 10.2 Å². The van der Waals surface area contributed by atoms with Crippen LogP contribution in [0.4, 0.5) is 0 Å². The molecule has 0 aromatic rings. The van der Waals surface area contributed by atoms with Crippen LogP contribution in [0.25, 0.3) is 0 Å². The van der Waals surface area contributed by atoms with Crippen LogP contribution in [0.1, 0.15) is 45.4 Å². The molecule has 1 aliphatic carbocycles. The molecule has 1 fully saturated rings. The maximum atomic E-state index is 11.9. The van der Waals surface area contributed by atoms with E-state index in [2.05, 4.69) is 4.72 Å². The predicted octanol–water partition coefficient (Wildman–Crippen LogP) is 1.10. The molecule has 0 aromatic carbocycles. The van der Waals surface area contributed by atoms with Crippen LogP contribution in [0.5, 0.6) is 0 Å². The Bertz CT molecular complexity index is 332. The molecule has 0 amide bonds. The van der Waals surface area contributed by atoms with E-state index in [0.717, 1.165) is 32.1 Å². The van der Waals surface area contributed by atoms with Gasteiger partial charge in [-0.25, -0.2) is 4.72 Å². The van der Waals surface area contributed by atoms with Crippen molar-refractivity contribution in [1.29, 1.82) is 0 Å². The number of hydrogen-bond acceptors (Lipinski definition) is 3. The quantitative estimate of drug-likeness (QED) is 0.733. The number of nitrogens with one attached hydrogen (secondary N) is 1. The molecule has 2 atom stereocenters. The molecule has 108 valence electrons. The molecule has 1 rings (SSSR count). The molecular weight excluding hydrogens is 252 g/mol. The molecule has 5 nitrogen and oxygen atoms in total. The average Bonchev–Trinajstić information content (AvgIpc) is 2.33. The lowest BCUT2D eigenvalue weighted by Crippen LogP contribution is -2.41. The highest BCUT2D eigenvalue weighted by atomic mass is 32.2. The number of aliphatic hydroxyl groups is 1. The van der Waals surface area contributed by atoms with Gasteiger partial charge in [-0.2, -0.15) is 12.7 Å². The second kappa shape index (κ2) is 7.43. The summed E-state index contributed by atoms with van der Waals surface area (Å²) in [6, 6.07) is 0. The van der Waals surface area contributed by atoms with Gasteiger partial charge in [0.2, 0.25) is 0 Å². The molecule has 0 radical (unpaired) electrons. The van der Waals surface area contributed by atoms with Gasteiger partial charge in [-0.3, -0.25) is 0 Å². The summed E-state index contributed by atoms with van der Waals surface area (Å²) < 4.78 is 27.8. The highest BCUT2D eigenvalue weighted by molar-refractivity contribution is 7.87. The lowest BCUT2D eigenvalue weighted by atomic mass is 9.87. The van der Waals surface area contributed by atoms with E-state index < -0.39 is 10.2 Å². The third-order valence-electron chi connectivity index (χ3n) is 3.55. The molecule has 0 bridgehead atoms. The van der Waals surface area contributed by atoms with E-state index in [1.807, 2.05) is 6.92 Å². The van der Waals surface area contributed by atoms with Gasteiger partial charge >= 0.3 is 0 Å². The Hall–Kier alpha value is -0.170. The molecule has 1 aliphatic rings. The van der Waals surface area contributed by atoms with E-state index in [1.165, 1.54) is 4.31 Å². The van der Waals surface area contributed by atoms with Gasteiger partial charge in [0.15, 0.2) is 0 Å². The normalized spacial score (nSPS) is 25.6. The topological polar surface area (TPSA) is 69.6 Å². The monoisotopic (exact) mass is 278 g/mol.